The Morgan fingerprint density at radius 1 is 1.25 bits per heavy atom. The van der Waals surface area contributed by atoms with Gasteiger partial charge in [-0.1, -0.05) is 19.0 Å². The van der Waals surface area contributed by atoms with Crippen LogP contribution in [0.1, 0.15) is 40.8 Å². The summed E-state index contributed by atoms with van der Waals surface area (Å²) < 4.78 is 18.1. The molecule has 3 rings (SSSR count). The van der Waals surface area contributed by atoms with Crippen LogP contribution in [0.4, 0.5) is 4.39 Å². The predicted octanol–water partition coefficient (Wildman–Crippen LogP) is 3.99. The SMILES string of the molecule is CC(C)c1noc(-c2ccc(CNC(=O)c3ccc(F)cc3)s2)n1. The van der Waals surface area contributed by atoms with E-state index in [0.29, 0.717) is 23.8 Å². The van der Waals surface area contributed by atoms with Crippen LogP contribution < -0.4 is 5.32 Å². The smallest absolute Gasteiger partial charge is 0.268 e. The summed E-state index contributed by atoms with van der Waals surface area (Å²) in [5.41, 5.74) is 0.423. The van der Waals surface area contributed by atoms with Gasteiger partial charge in [-0.2, -0.15) is 4.98 Å². The minimum atomic E-state index is -0.366. The van der Waals surface area contributed by atoms with E-state index in [1.807, 2.05) is 26.0 Å². The van der Waals surface area contributed by atoms with E-state index >= 15 is 0 Å². The van der Waals surface area contributed by atoms with Crippen LogP contribution >= 0.6 is 11.3 Å². The molecule has 0 aliphatic heterocycles. The molecule has 3 aromatic rings. The van der Waals surface area contributed by atoms with Crippen molar-refractivity contribution in [2.45, 2.75) is 26.3 Å². The largest absolute Gasteiger partial charge is 0.347 e. The highest BCUT2D eigenvalue weighted by molar-refractivity contribution is 7.15. The third kappa shape index (κ3) is 3.68. The number of nitrogens with one attached hydrogen (secondary N) is 1. The van der Waals surface area contributed by atoms with Gasteiger partial charge < -0.3 is 9.84 Å². The monoisotopic (exact) mass is 345 g/mol. The van der Waals surface area contributed by atoms with Gasteiger partial charge in [-0.3, -0.25) is 4.79 Å². The zero-order chi connectivity index (χ0) is 17.1. The Morgan fingerprint density at radius 2 is 2.00 bits per heavy atom. The maximum atomic E-state index is 12.9. The van der Waals surface area contributed by atoms with Crippen LogP contribution in [0.15, 0.2) is 40.9 Å². The Bertz CT molecular complexity index is 840. The van der Waals surface area contributed by atoms with Crippen LogP contribution in [0.25, 0.3) is 10.8 Å². The first kappa shape index (κ1) is 16.3. The quantitative estimate of drug-likeness (QED) is 0.759. The number of benzene rings is 1. The lowest BCUT2D eigenvalue weighted by atomic mass is 10.2. The van der Waals surface area contributed by atoms with Crippen molar-refractivity contribution in [3.8, 4) is 10.8 Å². The number of thiophene rings is 1. The molecule has 0 atom stereocenters. The molecule has 1 N–H and O–H groups in total. The highest BCUT2D eigenvalue weighted by Crippen LogP contribution is 2.27. The van der Waals surface area contributed by atoms with E-state index in [9.17, 15) is 9.18 Å². The minimum Gasteiger partial charge on any atom is -0.347 e. The van der Waals surface area contributed by atoms with Crippen molar-refractivity contribution in [2.24, 2.45) is 0 Å². The molecule has 0 saturated carbocycles. The molecule has 0 radical (unpaired) electrons. The summed E-state index contributed by atoms with van der Waals surface area (Å²) in [5, 5.41) is 6.75. The number of nitrogens with zero attached hydrogens (tertiary/aromatic N) is 2. The topological polar surface area (TPSA) is 68.0 Å². The number of rotatable bonds is 5. The van der Waals surface area contributed by atoms with E-state index in [0.717, 1.165) is 9.75 Å². The van der Waals surface area contributed by atoms with Crippen LogP contribution in [0.2, 0.25) is 0 Å². The lowest BCUT2D eigenvalue weighted by Gasteiger charge is -2.03. The highest BCUT2D eigenvalue weighted by Gasteiger charge is 2.14. The Hall–Kier alpha value is -2.54. The van der Waals surface area contributed by atoms with Crippen molar-refractivity contribution in [3.05, 3.63) is 58.5 Å². The van der Waals surface area contributed by atoms with Gasteiger partial charge in [0.05, 0.1) is 11.4 Å². The maximum Gasteiger partial charge on any atom is 0.268 e. The fourth-order valence-electron chi connectivity index (χ4n) is 2.03. The van der Waals surface area contributed by atoms with Gasteiger partial charge in [0, 0.05) is 16.4 Å². The molecule has 24 heavy (non-hydrogen) atoms. The van der Waals surface area contributed by atoms with Gasteiger partial charge in [-0.05, 0) is 36.4 Å². The first-order valence-electron chi connectivity index (χ1n) is 7.49. The summed E-state index contributed by atoms with van der Waals surface area (Å²) in [6.07, 6.45) is 0. The average Bonchev–Trinajstić information content (AvgIpc) is 3.22. The van der Waals surface area contributed by atoms with Gasteiger partial charge in [0.15, 0.2) is 5.82 Å². The second kappa shape index (κ2) is 6.92. The average molecular weight is 345 g/mol. The normalized spacial score (nSPS) is 11.0. The Balaban J connectivity index is 1.63. The lowest BCUT2D eigenvalue weighted by molar-refractivity contribution is 0.0951. The number of halogens is 1. The lowest BCUT2D eigenvalue weighted by Crippen LogP contribution is -2.22. The Labute approximate surface area is 142 Å². The molecule has 0 aliphatic rings. The summed E-state index contributed by atoms with van der Waals surface area (Å²) in [6.45, 7) is 4.38. The van der Waals surface area contributed by atoms with Crippen LogP contribution in [-0.2, 0) is 6.54 Å². The van der Waals surface area contributed by atoms with Gasteiger partial charge in [0.2, 0.25) is 0 Å². The second-order valence-corrected chi connectivity index (χ2v) is 6.74. The van der Waals surface area contributed by atoms with E-state index in [-0.39, 0.29) is 17.6 Å². The van der Waals surface area contributed by atoms with E-state index in [1.54, 1.807) is 0 Å². The molecule has 7 heteroatoms. The summed E-state index contributed by atoms with van der Waals surface area (Å²) >= 11 is 1.48. The molecule has 0 fully saturated rings. The molecule has 2 aromatic heterocycles. The summed E-state index contributed by atoms with van der Waals surface area (Å²) in [7, 11) is 0. The molecule has 0 bridgehead atoms. The highest BCUT2D eigenvalue weighted by atomic mass is 32.1. The zero-order valence-corrected chi connectivity index (χ0v) is 14.1. The van der Waals surface area contributed by atoms with Crippen molar-refractivity contribution in [2.75, 3.05) is 0 Å². The van der Waals surface area contributed by atoms with Crippen molar-refractivity contribution in [3.63, 3.8) is 0 Å². The van der Waals surface area contributed by atoms with Crippen molar-refractivity contribution in [1.82, 2.24) is 15.5 Å². The molecule has 124 valence electrons. The molecular formula is C17H16FN3O2S. The van der Waals surface area contributed by atoms with E-state index in [1.165, 1.54) is 35.6 Å². The molecule has 0 unspecified atom stereocenters. The van der Waals surface area contributed by atoms with Gasteiger partial charge in [-0.25, -0.2) is 4.39 Å². The number of carbonyl (C=O) groups is 1. The van der Waals surface area contributed by atoms with E-state index < -0.39 is 0 Å². The number of carbonyl (C=O) groups excluding carboxylic acids is 1. The fourth-order valence-corrected chi connectivity index (χ4v) is 2.90. The fraction of sp³-hybridized carbons (Fsp3) is 0.235. The maximum absolute atomic E-state index is 12.9. The molecule has 5 nitrogen and oxygen atoms in total. The minimum absolute atomic E-state index is 0.205. The number of hydrogen-bond donors (Lipinski definition) is 1. The van der Waals surface area contributed by atoms with E-state index in [2.05, 4.69) is 15.5 Å². The number of hydrogen-bond acceptors (Lipinski definition) is 5. The molecule has 0 aliphatic carbocycles. The van der Waals surface area contributed by atoms with Crippen LogP contribution in [0.5, 0.6) is 0 Å². The van der Waals surface area contributed by atoms with Crippen molar-refractivity contribution < 1.29 is 13.7 Å². The second-order valence-electron chi connectivity index (χ2n) is 5.57. The predicted molar refractivity (Wildman–Crippen MR) is 89.3 cm³/mol. The Morgan fingerprint density at radius 3 is 2.67 bits per heavy atom. The molecule has 1 aromatic carbocycles. The standard InChI is InChI=1S/C17H16FN3O2S/c1-10(2)15-20-17(23-21-15)14-8-7-13(24-14)9-19-16(22)11-3-5-12(18)6-4-11/h3-8,10H,9H2,1-2H3,(H,19,22). The Kier molecular flexibility index (Phi) is 4.71. The zero-order valence-electron chi connectivity index (χ0n) is 13.2. The molecular weight excluding hydrogens is 329 g/mol. The third-order valence-electron chi connectivity index (χ3n) is 3.36. The molecule has 0 saturated heterocycles. The van der Waals surface area contributed by atoms with Crippen molar-refractivity contribution in [1.29, 1.82) is 0 Å². The van der Waals surface area contributed by atoms with Gasteiger partial charge in [0.25, 0.3) is 11.8 Å². The third-order valence-corrected chi connectivity index (χ3v) is 4.43. The van der Waals surface area contributed by atoms with Gasteiger partial charge in [-0.15, -0.1) is 11.3 Å². The van der Waals surface area contributed by atoms with Crippen LogP contribution in [0.3, 0.4) is 0 Å². The van der Waals surface area contributed by atoms with Gasteiger partial charge in [0.1, 0.15) is 5.82 Å². The first-order chi connectivity index (χ1) is 11.5. The molecule has 0 spiro atoms. The van der Waals surface area contributed by atoms with E-state index in [4.69, 9.17) is 4.52 Å². The summed E-state index contributed by atoms with van der Waals surface area (Å²) in [5.74, 6) is 0.751. The molecule has 2 heterocycles. The van der Waals surface area contributed by atoms with Crippen LogP contribution in [0, 0.1) is 5.82 Å². The van der Waals surface area contributed by atoms with Crippen molar-refractivity contribution >= 4 is 17.2 Å². The number of amides is 1. The summed E-state index contributed by atoms with van der Waals surface area (Å²) in [6, 6.07) is 9.23. The summed E-state index contributed by atoms with van der Waals surface area (Å²) in [4.78, 5) is 18.2. The molecule has 1 amide bonds. The van der Waals surface area contributed by atoms with Gasteiger partial charge >= 0.3 is 0 Å². The van der Waals surface area contributed by atoms with Crippen LogP contribution in [-0.4, -0.2) is 16.0 Å². The first-order valence-corrected chi connectivity index (χ1v) is 8.31. The number of aromatic nitrogens is 2.